The van der Waals surface area contributed by atoms with Gasteiger partial charge in [0.1, 0.15) is 0 Å². The third kappa shape index (κ3) is 4.07. The van der Waals surface area contributed by atoms with Gasteiger partial charge in [-0.05, 0) is 30.2 Å². The molecule has 0 saturated heterocycles. The smallest absolute Gasteiger partial charge is 0.244 e. The molecule has 1 N–H and O–H groups in total. The van der Waals surface area contributed by atoms with Gasteiger partial charge in [0.25, 0.3) is 0 Å². The van der Waals surface area contributed by atoms with Crippen LogP contribution in [-0.2, 0) is 4.79 Å². The fraction of sp³-hybridized carbons (Fsp3) is 0.118. The predicted octanol–water partition coefficient (Wildman–Crippen LogP) is 4.34. The second-order valence-electron chi connectivity index (χ2n) is 4.50. The largest absolute Gasteiger partial charge is 0.346 e. The summed E-state index contributed by atoms with van der Waals surface area (Å²) in [6, 6.07) is 17.7. The summed E-state index contributed by atoms with van der Waals surface area (Å²) < 4.78 is 0.972. The van der Waals surface area contributed by atoms with E-state index in [1.807, 2.05) is 61.5 Å². The zero-order valence-electron chi connectivity index (χ0n) is 11.2. The van der Waals surface area contributed by atoms with E-state index in [9.17, 15) is 4.79 Å². The van der Waals surface area contributed by atoms with Gasteiger partial charge in [0.2, 0.25) is 5.91 Å². The van der Waals surface area contributed by atoms with Crippen LogP contribution in [0.25, 0.3) is 6.08 Å². The maximum atomic E-state index is 11.9. The summed E-state index contributed by atoms with van der Waals surface area (Å²) in [4.78, 5) is 11.9. The molecule has 0 saturated carbocycles. The maximum absolute atomic E-state index is 11.9. The van der Waals surface area contributed by atoms with E-state index in [4.69, 9.17) is 0 Å². The molecule has 0 heterocycles. The molecule has 1 amide bonds. The van der Waals surface area contributed by atoms with Crippen LogP contribution >= 0.6 is 15.9 Å². The van der Waals surface area contributed by atoms with Crippen molar-refractivity contribution < 1.29 is 4.79 Å². The second kappa shape index (κ2) is 7.06. The van der Waals surface area contributed by atoms with E-state index in [0.717, 1.165) is 15.6 Å². The molecule has 2 nitrogen and oxygen atoms in total. The molecule has 102 valence electrons. The number of hydrogen-bond donors (Lipinski definition) is 1. The average Bonchev–Trinajstić information content (AvgIpc) is 2.47. The van der Waals surface area contributed by atoms with Gasteiger partial charge in [-0.25, -0.2) is 0 Å². The minimum atomic E-state index is -0.0999. The van der Waals surface area contributed by atoms with Crippen LogP contribution < -0.4 is 5.32 Å². The van der Waals surface area contributed by atoms with Gasteiger partial charge in [0.15, 0.2) is 0 Å². The normalized spacial score (nSPS) is 12.3. The van der Waals surface area contributed by atoms with E-state index in [1.165, 1.54) is 0 Å². The monoisotopic (exact) mass is 329 g/mol. The van der Waals surface area contributed by atoms with Gasteiger partial charge in [0, 0.05) is 10.5 Å². The van der Waals surface area contributed by atoms with Gasteiger partial charge in [-0.15, -0.1) is 0 Å². The van der Waals surface area contributed by atoms with E-state index in [0.29, 0.717) is 0 Å². The summed E-state index contributed by atoms with van der Waals surface area (Å²) in [5, 5.41) is 2.94. The number of benzene rings is 2. The topological polar surface area (TPSA) is 29.1 Å². The van der Waals surface area contributed by atoms with Crippen LogP contribution in [0, 0.1) is 0 Å². The lowest BCUT2D eigenvalue weighted by molar-refractivity contribution is -0.117. The summed E-state index contributed by atoms with van der Waals surface area (Å²) in [7, 11) is 0. The van der Waals surface area contributed by atoms with Crippen molar-refractivity contribution in [3.8, 4) is 0 Å². The van der Waals surface area contributed by atoms with Crippen molar-refractivity contribution in [3.63, 3.8) is 0 Å². The third-order valence-electron chi connectivity index (χ3n) is 2.98. The molecule has 0 aromatic heterocycles. The number of rotatable bonds is 4. The molecule has 0 bridgehead atoms. The van der Waals surface area contributed by atoms with E-state index in [1.54, 1.807) is 12.2 Å². The Kier molecular flexibility index (Phi) is 5.13. The van der Waals surface area contributed by atoms with E-state index >= 15 is 0 Å². The minimum Gasteiger partial charge on any atom is -0.346 e. The zero-order chi connectivity index (χ0) is 14.4. The first-order chi connectivity index (χ1) is 9.66. The van der Waals surface area contributed by atoms with Gasteiger partial charge in [-0.3, -0.25) is 4.79 Å². The highest BCUT2D eigenvalue weighted by atomic mass is 79.9. The number of nitrogens with one attached hydrogen (secondary N) is 1. The summed E-state index contributed by atoms with van der Waals surface area (Å²) in [5.74, 6) is -0.0999. The van der Waals surface area contributed by atoms with Crippen molar-refractivity contribution in [3.05, 3.63) is 76.3 Å². The van der Waals surface area contributed by atoms with E-state index < -0.39 is 0 Å². The zero-order valence-corrected chi connectivity index (χ0v) is 12.8. The Hall–Kier alpha value is -1.87. The molecule has 2 aromatic rings. The Labute approximate surface area is 127 Å². The van der Waals surface area contributed by atoms with Crippen LogP contribution in [0.4, 0.5) is 0 Å². The van der Waals surface area contributed by atoms with E-state index in [-0.39, 0.29) is 11.9 Å². The van der Waals surface area contributed by atoms with Gasteiger partial charge >= 0.3 is 0 Å². The van der Waals surface area contributed by atoms with Crippen LogP contribution in [-0.4, -0.2) is 5.91 Å². The second-order valence-corrected chi connectivity index (χ2v) is 5.35. The average molecular weight is 330 g/mol. The van der Waals surface area contributed by atoms with Crippen molar-refractivity contribution >= 4 is 27.9 Å². The molecular weight excluding hydrogens is 314 g/mol. The first-order valence-corrected chi connectivity index (χ1v) is 7.24. The molecule has 0 aliphatic rings. The molecule has 1 unspecified atom stereocenters. The standard InChI is InChI=1S/C17H16BrNO/c1-13(14-7-3-2-4-8-14)19-17(20)12-11-15-9-5-6-10-16(15)18/h2-13H,1H3,(H,19,20)/b12-11+. The Morgan fingerprint density at radius 3 is 2.45 bits per heavy atom. The lowest BCUT2D eigenvalue weighted by Gasteiger charge is -2.12. The third-order valence-corrected chi connectivity index (χ3v) is 3.70. The van der Waals surface area contributed by atoms with Crippen LogP contribution in [0.15, 0.2) is 65.1 Å². The first kappa shape index (κ1) is 14.5. The number of hydrogen-bond acceptors (Lipinski definition) is 1. The molecule has 0 aliphatic carbocycles. The van der Waals surface area contributed by atoms with Gasteiger partial charge in [-0.2, -0.15) is 0 Å². The highest BCUT2D eigenvalue weighted by Gasteiger charge is 2.06. The summed E-state index contributed by atoms with van der Waals surface area (Å²) in [6.45, 7) is 1.97. The quantitative estimate of drug-likeness (QED) is 0.830. The van der Waals surface area contributed by atoms with Gasteiger partial charge in [-0.1, -0.05) is 64.5 Å². The molecule has 20 heavy (non-hydrogen) atoms. The van der Waals surface area contributed by atoms with Crippen molar-refractivity contribution in [1.82, 2.24) is 5.32 Å². The van der Waals surface area contributed by atoms with Crippen molar-refractivity contribution in [2.45, 2.75) is 13.0 Å². The fourth-order valence-electron chi connectivity index (χ4n) is 1.86. The summed E-state index contributed by atoms with van der Waals surface area (Å²) in [6.07, 6.45) is 3.36. The molecule has 0 radical (unpaired) electrons. The summed E-state index contributed by atoms with van der Waals surface area (Å²) in [5.41, 5.74) is 2.07. The number of amides is 1. The molecular formula is C17H16BrNO. The highest BCUT2D eigenvalue weighted by Crippen LogP contribution is 2.17. The number of carbonyl (C=O) groups excluding carboxylic acids is 1. The molecule has 3 heteroatoms. The Morgan fingerprint density at radius 1 is 1.10 bits per heavy atom. The van der Waals surface area contributed by atoms with Crippen LogP contribution in [0.1, 0.15) is 24.1 Å². The molecule has 2 aromatic carbocycles. The summed E-state index contributed by atoms with van der Waals surface area (Å²) >= 11 is 3.45. The molecule has 0 aliphatic heterocycles. The van der Waals surface area contributed by atoms with E-state index in [2.05, 4.69) is 21.2 Å². The first-order valence-electron chi connectivity index (χ1n) is 6.45. The number of carbonyl (C=O) groups is 1. The predicted molar refractivity (Wildman–Crippen MR) is 86.2 cm³/mol. The highest BCUT2D eigenvalue weighted by molar-refractivity contribution is 9.10. The lowest BCUT2D eigenvalue weighted by atomic mass is 10.1. The maximum Gasteiger partial charge on any atom is 0.244 e. The van der Waals surface area contributed by atoms with Gasteiger partial charge < -0.3 is 5.32 Å². The molecule has 0 spiro atoms. The van der Waals surface area contributed by atoms with Gasteiger partial charge in [0.05, 0.1) is 6.04 Å². The molecule has 0 fully saturated rings. The SMILES string of the molecule is CC(NC(=O)/C=C/c1ccccc1Br)c1ccccc1. The van der Waals surface area contributed by atoms with Crippen LogP contribution in [0.3, 0.4) is 0 Å². The Balaban J connectivity index is 1.98. The fourth-order valence-corrected chi connectivity index (χ4v) is 2.28. The number of halogens is 1. The van der Waals surface area contributed by atoms with Crippen molar-refractivity contribution in [1.29, 1.82) is 0 Å². The lowest BCUT2D eigenvalue weighted by Crippen LogP contribution is -2.24. The molecule has 1 atom stereocenters. The van der Waals surface area contributed by atoms with Crippen molar-refractivity contribution in [2.24, 2.45) is 0 Å². The van der Waals surface area contributed by atoms with Crippen LogP contribution in [0.5, 0.6) is 0 Å². The minimum absolute atomic E-state index is 0.00689. The molecule has 2 rings (SSSR count). The van der Waals surface area contributed by atoms with Crippen LogP contribution in [0.2, 0.25) is 0 Å². The van der Waals surface area contributed by atoms with Crippen molar-refractivity contribution in [2.75, 3.05) is 0 Å². The Morgan fingerprint density at radius 2 is 1.75 bits per heavy atom. The Bertz CT molecular complexity index is 607.